The molecule has 0 radical (unpaired) electrons. The van der Waals surface area contributed by atoms with Crippen molar-refractivity contribution in [3.8, 4) is 17.0 Å². The predicted octanol–water partition coefficient (Wildman–Crippen LogP) is 3.67. The molecule has 0 fully saturated rings. The molecular formula is C17H23N3O. The zero-order valence-electron chi connectivity index (χ0n) is 13.0. The van der Waals surface area contributed by atoms with Crippen LogP contribution in [0, 0.1) is 0 Å². The van der Waals surface area contributed by atoms with Crippen molar-refractivity contribution in [2.24, 2.45) is 0 Å². The van der Waals surface area contributed by atoms with Gasteiger partial charge in [0, 0.05) is 18.5 Å². The fourth-order valence-electron chi connectivity index (χ4n) is 2.32. The lowest BCUT2D eigenvalue weighted by molar-refractivity contribution is 0.242. The molecular weight excluding hydrogens is 262 g/mol. The highest BCUT2D eigenvalue weighted by Crippen LogP contribution is 2.29. The number of anilines is 1. The molecule has 0 spiro atoms. The third-order valence-electron chi connectivity index (χ3n) is 3.19. The zero-order valence-corrected chi connectivity index (χ0v) is 13.0. The van der Waals surface area contributed by atoms with Crippen LogP contribution < -0.4 is 10.5 Å². The molecule has 0 saturated carbocycles. The van der Waals surface area contributed by atoms with E-state index in [1.807, 2.05) is 48.8 Å². The second-order valence-electron chi connectivity index (χ2n) is 5.21. The van der Waals surface area contributed by atoms with E-state index in [0.29, 0.717) is 12.4 Å². The fourth-order valence-corrected chi connectivity index (χ4v) is 2.32. The first-order valence-electron chi connectivity index (χ1n) is 7.29. The van der Waals surface area contributed by atoms with Crippen LogP contribution >= 0.6 is 0 Å². The van der Waals surface area contributed by atoms with Crippen molar-refractivity contribution >= 4 is 5.82 Å². The Morgan fingerprint density at radius 2 is 2.19 bits per heavy atom. The summed E-state index contributed by atoms with van der Waals surface area (Å²) < 4.78 is 7.73. The van der Waals surface area contributed by atoms with Gasteiger partial charge in [0.25, 0.3) is 0 Å². The number of nitrogens with zero attached hydrogens (tertiary/aromatic N) is 2. The second kappa shape index (κ2) is 6.48. The largest absolute Gasteiger partial charge is 0.491 e. The molecule has 1 aromatic carbocycles. The van der Waals surface area contributed by atoms with E-state index in [2.05, 4.69) is 18.5 Å². The van der Waals surface area contributed by atoms with E-state index in [9.17, 15) is 0 Å². The van der Waals surface area contributed by atoms with E-state index in [0.717, 1.165) is 29.3 Å². The van der Waals surface area contributed by atoms with Gasteiger partial charge in [-0.1, -0.05) is 25.1 Å². The molecule has 21 heavy (non-hydrogen) atoms. The number of allylic oxidation sites excluding steroid dienone is 1. The summed E-state index contributed by atoms with van der Waals surface area (Å²) in [4.78, 5) is 4.67. The van der Waals surface area contributed by atoms with E-state index in [1.165, 1.54) is 0 Å². The number of ether oxygens (including phenoxy) is 1. The summed E-state index contributed by atoms with van der Waals surface area (Å²) in [5.41, 5.74) is 8.04. The summed E-state index contributed by atoms with van der Waals surface area (Å²) in [7, 11) is 0. The van der Waals surface area contributed by atoms with Gasteiger partial charge in [-0.2, -0.15) is 0 Å². The van der Waals surface area contributed by atoms with Gasteiger partial charge in [-0.15, -0.1) is 6.58 Å². The van der Waals surface area contributed by atoms with Gasteiger partial charge < -0.3 is 15.0 Å². The standard InChI is InChI=1S/C17H23N3O/c1-5-10-20-15(6-2)19-16(17(20)18)13-8-7-9-14(11-13)21-12(3)4/h5,7-9,11-12H,1,6,10,18H2,2-4H3. The van der Waals surface area contributed by atoms with Crippen LogP contribution in [0.4, 0.5) is 5.82 Å². The van der Waals surface area contributed by atoms with Crippen LogP contribution in [-0.2, 0) is 13.0 Å². The molecule has 4 heteroatoms. The fraction of sp³-hybridized carbons (Fsp3) is 0.353. The Balaban J connectivity index is 2.44. The van der Waals surface area contributed by atoms with Crippen molar-refractivity contribution in [2.45, 2.75) is 39.8 Å². The number of nitrogen functional groups attached to an aromatic ring is 1. The van der Waals surface area contributed by atoms with Crippen molar-refractivity contribution in [1.29, 1.82) is 0 Å². The lowest BCUT2D eigenvalue weighted by atomic mass is 10.1. The molecule has 0 atom stereocenters. The monoisotopic (exact) mass is 285 g/mol. The van der Waals surface area contributed by atoms with Crippen molar-refractivity contribution in [3.63, 3.8) is 0 Å². The molecule has 0 aliphatic carbocycles. The third-order valence-corrected chi connectivity index (χ3v) is 3.19. The Kier molecular flexibility index (Phi) is 4.68. The summed E-state index contributed by atoms with van der Waals surface area (Å²) in [5.74, 6) is 2.48. The number of hydrogen-bond donors (Lipinski definition) is 1. The Morgan fingerprint density at radius 1 is 1.43 bits per heavy atom. The summed E-state index contributed by atoms with van der Waals surface area (Å²) >= 11 is 0. The Hall–Kier alpha value is -2.23. The summed E-state index contributed by atoms with van der Waals surface area (Å²) in [6, 6.07) is 7.89. The summed E-state index contributed by atoms with van der Waals surface area (Å²) in [6.45, 7) is 10.5. The van der Waals surface area contributed by atoms with Crippen LogP contribution in [0.1, 0.15) is 26.6 Å². The van der Waals surface area contributed by atoms with Crippen molar-refractivity contribution in [3.05, 3.63) is 42.7 Å². The highest BCUT2D eigenvalue weighted by Gasteiger charge is 2.15. The number of benzene rings is 1. The van der Waals surface area contributed by atoms with Gasteiger partial charge in [-0.05, 0) is 26.0 Å². The summed E-state index contributed by atoms with van der Waals surface area (Å²) in [6.07, 6.45) is 2.81. The maximum atomic E-state index is 6.26. The van der Waals surface area contributed by atoms with E-state index < -0.39 is 0 Å². The van der Waals surface area contributed by atoms with Gasteiger partial charge in [-0.3, -0.25) is 0 Å². The highest BCUT2D eigenvalue weighted by molar-refractivity contribution is 5.72. The molecule has 112 valence electrons. The quantitative estimate of drug-likeness (QED) is 0.824. The van der Waals surface area contributed by atoms with Crippen molar-refractivity contribution in [2.75, 3.05) is 5.73 Å². The summed E-state index contributed by atoms with van der Waals surface area (Å²) in [5, 5.41) is 0. The van der Waals surface area contributed by atoms with E-state index in [-0.39, 0.29) is 6.10 Å². The average Bonchev–Trinajstić information content (AvgIpc) is 2.76. The molecule has 4 nitrogen and oxygen atoms in total. The number of imidazole rings is 1. The second-order valence-corrected chi connectivity index (χ2v) is 5.21. The number of nitrogens with two attached hydrogens (primary N) is 1. The van der Waals surface area contributed by atoms with Gasteiger partial charge >= 0.3 is 0 Å². The maximum Gasteiger partial charge on any atom is 0.132 e. The molecule has 1 aromatic heterocycles. The minimum atomic E-state index is 0.141. The molecule has 2 aromatic rings. The van der Waals surface area contributed by atoms with Gasteiger partial charge in [0.2, 0.25) is 0 Å². The molecule has 0 aliphatic heterocycles. The van der Waals surface area contributed by atoms with Crippen LogP contribution in [0.25, 0.3) is 11.3 Å². The first-order chi connectivity index (χ1) is 10.1. The van der Waals surface area contributed by atoms with Crippen molar-refractivity contribution in [1.82, 2.24) is 9.55 Å². The van der Waals surface area contributed by atoms with Crippen LogP contribution in [0.2, 0.25) is 0 Å². The van der Waals surface area contributed by atoms with Crippen LogP contribution in [0.3, 0.4) is 0 Å². The first kappa shape index (κ1) is 15.2. The topological polar surface area (TPSA) is 53.1 Å². The molecule has 0 saturated heterocycles. The number of aromatic nitrogens is 2. The van der Waals surface area contributed by atoms with Gasteiger partial charge in [-0.25, -0.2) is 4.98 Å². The lowest BCUT2D eigenvalue weighted by Crippen LogP contribution is -2.05. The molecule has 0 bridgehead atoms. The van der Waals surface area contributed by atoms with E-state index >= 15 is 0 Å². The van der Waals surface area contributed by atoms with E-state index in [4.69, 9.17) is 10.5 Å². The van der Waals surface area contributed by atoms with Crippen LogP contribution in [0.5, 0.6) is 5.75 Å². The van der Waals surface area contributed by atoms with Gasteiger partial charge in [0.05, 0.1) is 6.10 Å². The average molecular weight is 285 g/mol. The third kappa shape index (κ3) is 3.27. The first-order valence-corrected chi connectivity index (χ1v) is 7.29. The minimum absolute atomic E-state index is 0.141. The minimum Gasteiger partial charge on any atom is -0.491 e. The van der Waals surface area contributed by atoms with Crippen molar-refractivity contribution < 1.29 is 4.74 Å². The number of hydrogen-bond acceptors (Lipinski definition) is 3. The lowest BCUT2D eigenvalue weighted by Gasteiger charge is -2.10. The number of aryl methyl sites for hydroxylation is 1. The maximum absolute atomic E-state index is 6.26. The van der Waals surface area contributed by atoms with Crippen LogP contribution in [0.15, 0.2) is 36.9 Å². The highest BCUT2D eigenvalue weighted by atomic mass is 16.5. The molecule has 2 N–H and O–H groups in total. The molecule has 0 unspecified atom stereocenters. The van der Waals surface area contributed by atoms with E-state index in [1.54, 1.807) is 0 Å². The van der Waals surface area contributed by atoms with Gasteiger partial charge in [0.15, 0.2) is 0 Å². The SMILES string of the molecule is C=CCn1c(CC)nc(-c2cccc(OC(C)C)c2)c1N. The Labute approximate surface area is 126 Å². The molecule has 0 amide bonds. The molecule has 0 aliphatic rings. The van der Waals surface area contributed by atoms with Gasteiger partial charge in [0.1, 0.15) is 23.1 Å². The normalized spacial score (nSPS) is 10.9. The smallest absolute Gasteiger partial charge is 0.132 e. The molecule has 2 rings (SSSR count). The molecule has 1 heterocycles. The Bertz CT molecular complexity index is 629. The zero-order chi connectivity index (χ0) is 15.4. The number of rotatable bonds is 6. The Morgan fingerprint density at radius 3 is 2.81 bits per heavy atom. The predicted molar refractivity (Wildman–Crippen MR) is 87.4 cm³/mol. The van der Waals surface area contributed by atoms with Crippen LogP contribution in [-0.4, -0.2) is 15.7 Å².